The molecule has 0 aliphatic carbocycles. The Kier molecular flexibility index (Phi) is 5.19. The molecule has 0 aromatic carbocycles. The van der Waals surface area contributed by atoms with E-state index in [-0.39, 0.29) is 6.61 Å². The van der Waals surface area contributed by atoms with Crippen LogP contribution in [0.1, 0.15) is 0 Å². The van der Waals surface area contributed by atoms with Crippen LogP contribution in [0, 0.1) is 0 Å². The standard InChI is InChI=1S/C6H11F3O3/c1-11-2-5(10)3-12-6(8,9)4-7/h5,10H,2-4H2,1H3. The van der Waals surface area contributed by atoms with Crippen molar-refractivity contribution in [1.82, 2.24) is 0 Å². The van der Waals surface area contributed by atoms with Gasteiger partial charge in [-0.2, -0.15) is 8.78 Å². The molecule has 0 fully saturated rings. The van der Waals surface area contributed by atoms with Gasteiger partial charge >= 0.3 is 6.11 Å². The number of ether oxygens (including phenoxy) is 2. The van der Waals surface area contributed by atoms with Gasteiger partial charge in [0.15, 0.2) is 6.67 Å². The average Bonchev–Trinajstić information content (AvgIpc) is 2.02. The molecule has 0 aliphatic heterocycles. The summed E-state index contributed by atoms with van der Waals surface area (Å²) in [5, 5.41) is 8.80. The number of hydrogen-bond acceptors (Lipinski definition) is 3. The highest BCUT2D eigenvalue weighted by Gasteiger charge is 2.30. The fourth-order valence-corrected chi connectivity index (χ4v) is 0.497. The van der Waals surface area contributed by atoms with Crippen LogP contribution in [0.5, 0.6) is 0 Å². The summed E-state index contributed by atoms with van der Waals surface area (Å²) in [6, 6.07) is 0. The SMILES string of the molecule is COCC(O)COC(F)(F)CF. The van der Waals surface area contributed by atoms with Crippen molar-refractivity contribution in [3.05, 3.63) is 0 Å². The monoisotopic (exact) mass is 188 g/mol. The van der Waals surface area contributed by atoms with Crippen LogP contribution in [-0.4, -0.2) is 44.3 Å². The van der Waals surface area contributed by atoms with Gasteiger partial charge in [0.1, 0.15) is 6.10 Å². The third-order valence-corrected chi connectivity index (χ3v) is 1.00. The van der Waals surface area contributed by atoms with Crippen LogP contribution >= 0.6 is 0 Å². The van der Waals surface area contributed by atoms with E-state index in [2.05, 4.69) is 9.47 Å². The molecular weight excluding hydrogens is 177 g/mol. The minimum Gasteiger partial charge on any atom is -0.388 e. The van der Waals surface area contributed by atoms with Crippen molar-refractivity contribution < 1.29 is 27.8 Å². The summed E-state index contributed by atoms with van der Waals surface area (Å²) >= 11 is 0. The van der Waals surface area contributed by atoms with Crippen LogP contribution in [0.3, 0.4) is 0 Å². The highest BCUT2D eigenvalue weighted by Crippen LogP contribution is 2.15. The second-order valence-electron chi connectivity index (χ2n) is 2.19. The van der Waals surface area contributed by atoms with E-state index < -0.39 is 25.5 Å². The van der Waals surface area contributed by atoms with Crippen molar-refractivity contribution in [3.63, 3.8) is 0 Å². The molecule has 0 spiro atoms. The highest BCUT2D eigenvalue weighted by atomic mass is 19.3. The van der Waals surface area contributed by atoms with Gasteiger partial charge in [-0.3, -0.25) is 0 Å². The van der Waals surface area contributed by atoms with Crippen molar-refractivity contribution in [1.29, 1.82) is 0 Å². The minimum absolute atomic E-state index is 0.123. The Balaban J connectivity index is 3.52. The Morgan fingerprint density at radius 2 is 2.00 bits per heavy atom. The zero-order valence-corrected chi connectivity index (χ0v) is 6.60. The maximum Gasteiger partial charge on any atom is 0.384 e. The van der Waals surface area contributed by atoms with E-state index in [1.165, 1.54) is 7.11 Å². The van der Waals surface area contributed by atoms with Crippen LogP contribution in [0.2, 0.25) is 0 Å². The van der Waals surface area contributed by atoms with E-state index in [0.29, 0.717) is 0 Å². The second kappa shape index (κ2) is 5.34. The third-order valence-electron chi connectivity index (χ3n) is 1.00. The van der Waals surface area contributed by atoms with Crippen LogP contribution in [0.25, 0.3) is 0 Å². The van der Waals surface area contributed by atoms with Crippen LogP contribution in [-0.2, 0) is 9.47 Å². The largest absolute Gasteiger partial charge is 0.388 e. The number of halogens is 3. The Bertz CT molecular complexity index is 121. The Hall–Kier alpha value is -0.330. The molecule has 1 atom stereocenters. The molecule has 1 N–H and O–H groups in total. The number of alkyl halides is 3. The molecule has 6 heteroatoms. The lowest BCUT2D eigenvalue weighted by atomic mass is 10.4. The zero-order chi connectivity index (χ0) is 9.61. The summed E-state index contributed by atoms with van der Waals surface area (Å²) < 4.78 is 43.6. The van der Waals surface area contributed by atoms with E-state index in [1.54, 1.807) is 0 Å². The van der Waals surface area contributed by atoms with E-state index in [0.717, 1.165) is 0 Å². The Labute approximate surface area is 68.1 Å². The summed E-state index contributed by atoms with van der Waals surface area (Å²) in [5.74, 6) is 0. The number of rotatable bonds is 6. The van der Waals surface area contributed by atoms with Crippen LogP contribution < -0.4 is 0 Å². The molecule has 0 heterocycles. The molecule has 0 amide bonds. The fourth-order valence-electron chi connectivity index (χ4n) is 0.497. The molecule has 0 bridgehead atoms. The van der Waals surface area contributed by atoms with Gasteiger partial charge in [-0.1, -0.05) is 0 Å². The van der Waals surface area contributed by atoms with Crippen molar-refractivity contribution in [3.8, 4) is 0 Å². The Morgan fingerprint density at radius 1 is 1.42 bits per heavy atom. The van der Waals surface area contributed by atoms with Gasteiger partial charge in [0.05, 0.1) is 13.2 Å². The molecule has 0 radical (unpaired) electrons. The number of hydrogen-bond donors (Lipinski definition) is 1. The van der Waals surface area contributed by atoms with Crippen LogP contribution in [0.4, 0.5) is 13.2 Å². The average molecular weight is 188 g/mol. The number of aliphatic hydroxyl groups is 1. The summed E-state index contributed by atoms with van der Waals surface area (Å²) in [5.41, 5.74) is 0. The molecule has 1 unspecified atom stereocenters. The van der Waals surface area contributed by atoms with E-state index >= 15 is 0 Å². The summed E-state index contributed by atoms with van der Waals surface area (Å²) in [6.07, 6.45) is -4.97. The van der Waals surface area contributed by atoms with Crippen molar-refractivity contribution in [2.45, 2.75) is 12.2 Å². The minimum atomic E-state index is -3.81. The smallest absolute Gasteiger partial charge is 0.384 e. The molecule has 0 saturated carbocycles. The number of aliphatic hydroxyl groups excluding tert-OH is 1. The normalized spacial score (nSPS) is 14.8. The first kappa shape index (κ1) is 11.7. The van der Waals surface area contributed by atoms with Gasteiger partial charge < -0.3 is 14.6 Å². The molecule has 0 rings (SSSR count). The molecule has 3 nitrogen and oxygen atoms in total. The van der Waals surface area contributed by atoms with Crippen LogP contribution in [0.15, 0.2) is 0 Å². The molecule has 0 saturated heterocycles. The highest BCUT2D eigenvalue weighted by molar-refractivity contribution is 4.55. The summed E-state index contributed by atoms with van der Waals surface area (Å²) in [7, 11) is 1.30. The zero-order valence-electron chi connectivity index (χ0n) is 6.60. The van der Waals surface area contributed by atoms with Gasteiger partial charge in [0.2, 0.25) is 0 Å². The second-order valence-corrected chi connectivity index (χ2v) is 2.19. The van der Waals surface area contributed by atoms with Crippen molar-refractivity contribution in [2.75, 3.05) is 27.0 Å². The lowest BCUT2D eigenvalue weighted by molar-refractivity contribution is -0.256. The lowest BCUT2D eigenvalue weighted by Crippen LogP contribution is -2.30. The first-order valence-corrected chi connectivity index (χ1v) is 3.26. The summed E-state index contributed by atoms with van der Waals surface area (Å²) in [6.45, 7) is -2.67. The van der Waals surface area contributed by atoms with Crippen molar-refractivity contribution >= 4 is 0 Å². The molecular formula is C6H11F3O3. The predicted octanol–water partition coefficient (Wildman–Crippen LogP) is 0.573. The van der Waals surface area contributed by atoms with Gasteiger partial charge in [-0.25, -0.2) is 4.39 Å². The topological polar surface area (TPSA) is 38.7 Å². The van der Waals surface area contributed by atoms with Gasteiger partial charge in [0, 0.05) is 7.11 Å². The van der Waals surface area contributed by atoms with E-state index in [9.17, 15) is 13.2 Å². The van der Waals surface area contributed by atoms with Gasteiger partial charge in [0.25, 0.3) is 0 Å². The van der Waals surface area contributed by atoms with E-state index in [4.69, 9.17) is 5.11 Å². The Morgan fingerprint density at radius 3 is 2.42 bits per heavy atom. The number of methoxy groups -OCH3 is 1. The molecule has 0 aromatic heterocycles. The molecule has 0 aliphatic rings. The van der Waals surface area contributed by atoms with Gasteiger partial charge in [-0.05, 0) is 0 Å². The first-order chi connectivity index (χ1) is 5.52. The first-order valence-electron chi connectivity index (χ1n) is 3.26. The van der Waals surface area contributed by atoms with Crippen molar-refractivity contribution in [2.24, 2.45) is 0 Å². The third kappa shape index (κ3) is 5.34. The predicted molar refractivity (Wildman–Crippen MR) is 34.8 cm³/mol. The van der Waals surface area contributed by atoms with E-state index in [1.807, 2.05) is 0 Å². The molecule has 74 valence electrons. The molecule has 0 aromatic rings. The van der Waals surface area contributed by atoms with Gasteiger partial charge in [-0.15, -0.1) is 0 Å². The fraction of sp³-hybridized carbons (Fsp3) is 1.00. The lowest BCUT2D eigenvalue weighted by Gasteiger charge is -2.15. The molecule has 12 heavy (non-hydrogen) atoms. The maximum absolute atomic E-state index is 12.0. The quantitative estimate of drug-likeness (QED) is 0.662. The maximum atomic E-state index is 12.0. The summed E-state index contributed by atoms with van der Waals surface area (Å²) in [4.78, 5) is 0.